The Kier molecular flexibility index (Phi) is 8.08. The summed E-state index contributed by atoms with van der Waals surface area (Å²) in [5.41, 5.74) is 2.24. The summed E-state index contributed by atoms with van der Waals surface area (Å²) in [7, 11) is 0. The smallest absolute Gasteiger partial charge is 0.259 e. The van der Waals surface area contributed by atoms with Crippen LogP contribution < -0.4 is 20.4 Å². The maximum absolute atomic E-state index is 13.0. The number of halogens is 2. The van der Waals surface area contributed by atoms with Crippen LogP contribution >= 0.6 is 23.2 Å². The molecule has 212 valence electrons. The minimum Gasteiger partial charge on any atom is -0.506 e. The molecule has 0 radical (unpaired) electrons. The summed E-state index contributed by atoms with van der Waals surface area (Å²) >= 11 is 14.0. The molecule has 0 unspecified atom stereocenters. The van der Waals surface area contributed by atoms with E-state index in [1.807, 2.05) is 36.4 Å². The Morgan fingerprint density at radius 1 is 0.732 bits per heavy atom. The topological polar surface area (TPSA) is 80.7 Å². The number of aromatic hydroxyl groups is 1. The van der Waals surface area contributed by atoms with Crippen LogP contribution in [0.1, 0.15) is 48.9 Å². The first-order chi connectivity index (χ1) is 20.0. The number of carbonyl (C=O) groups excluding carboxylic acids is 1. The monoisotopic (exact) mass is 589 g/mol. The highest BCUT2D eigenvalue weighted by Crippen LogP contribution is 2.44. The van der Waals surface area contributed by atoms with Gasteiger partial charge in [-0.25, -0.2) is 4.98 Å². The predicted octanol–water partition coefficient (Wildman–Crippen LogP) is 8.22. The molecule has 2 aliphatic heterocycles. The lowest BCUT2D eigenvalue weighted by molar-refractivity contribution is 0.102. The largest absolute Gasteiger partial charge is 0.506 e. The molecule has 3 heterocycles. The fourth-order valence-electron chi connectivity index (χ4n) is 5.68. The lowest BCUT2D eigenvalue weighted by atomic mass is 10.0. The van der Waals surface area contributed by atoms with Crippen LogP contribution in [-0.4, -0.2) is 42.2 Å². The third-order valence-corrected chi connectivity index (χ3v) is 8.63. The Morgan fingerprint density at radius 3 is 1.90 bits per heavy atom. The number of hydrogen-bond donors (Lipinski definition) is 3. The number of phenolic OH excluding ortho intramolecular Hbond substituents is 1. The summed E-state index contributed by atoms with van der Waals surface area (Å²) in [6, 6.07) is 18.2. The minimum atomic E-state index is -0.383. The van der Waals surface area contributed by atoms with E-state index in [2.05, 4.69) is 20.4 Å². The van der Waals surface area contributed by atoms with E-state index in [4.69, 9.17) is 28.2 Å². The molecule has 0 saturated carbocycles. The maximum atomic E-state index is 13.0. The van der Waals surface area contributed by atoms with E-state index in [1.54, 1.807) is 24.3 Å². The normalized spacial score (nSPS) is 15.7. The summed E-state index contributed by atoms with van der Waals surface area (Å²) < 4.78 is 0. The van der Waals surface area contributed by atoms with E-state index in [0.717, 1.165) is 74.6 Å². The number of hydrogen-bond acceptors (Lipinski definition) is 6. The Labute approximate surface area is 250 Å². The first-order valence-corrected chi connectivity index (χ1v) is 15.0. The van der Waals surface area contributed by atoms with Gasteiger partial charge >= 0.3 is 0 Å². The zero-order chi connectivity index (χ0) is 28.3. The van der Waals surface area contributed by atoms with Gasteiger partial charge in [-0.1, -0.05) is 53.5 Å². The van der Waals surface area contributed by atoms with Crippen LogP contribution in [0, 0.1) is 0 Å². The van der Waals surface area contributed by atoms with Gasteiger partial charge in [-0.15, -0.1) is 0 Å². The van der Waals surface area contributed by atoms with Crippen molar-refractivity contribution >= 4 is 68.6 Å². The van der Waals surface area contributed by atoms with E-state index in [0.29, 0.717) is 26.8 Å². The first kappa shape index (κ1) is 27.5. The Bertz CT molecular complexity index is 1520. The molecule has 7 nitrogen and oxygen atoms in total. The van der Waals surface area contributed by atoms with Crippen LogP contribution in [-0.2, 0) is 0 Å². The van der Waals surface area contributed by atoms with Gasteiger partial charge in [0.1, 0.15) is 15.8 Å². The van der Waals surface area contributed by atoms with Gasteiger partial charge in [0.05, 0.1) is 11.3 Å². The van der Waals surface area contributed by atoms with Crippen molar-refractivity contribution in [1.29, 1.82) is 0 Å². The van der Waals surface area contributed by atoms with Crippen molar-refractivity contribution in [3.8, 4) is 5.75 Å². The number of anilines is 5. The molecule has 4 aromatic rings. The van der Waals surface area contributed by atoms with Crippen molar-refractivity contribution in [3.05, 3.63) is 76.3 Å². The third-order valence-electron chi connectivity index (χ3n) is 7.91. The van der Waals surface area contributed by atoms with Crippen LogP contribution in [0.2, 0.25) is 10.0 Å². The van der Waals surface area contributed by atoms with E-state index in [9.17, 15) is 9.90 Å². The van der Waals surface area contributed by atoms with Crippen molar-refractivity contribution in [2.45, 2.75) is 38.5 Å². The second-order valence-electron chi connectivity index (χ2n) is 10.7. The van der Waals surface area contributed by atoms with Crippen LogP contribution in [0.5, 0.6) is 5.75 Å². The van der Waals surface area contributed by atoms with Gasteiger partial charge in [0.25, 0.3) is 5.91 Å². The molecule has 3 N–H and O–H groups in total. The van der Waals surface area contributed by atoms with Crippen molar-refractivity contribution in [2.24, 2.45) is 0 Å². The number of carbonyl (C=O) groups is 1. The summed E-state index contributed by atoms with van der Waals surface area (Å²) in [5.74, 6) is 1.14. The van der Waals surface area contributed by atoms with Gasteiger partial charge in [0.15, 0.2) is 11.6 Å². The number of nitrogens with one attached hydrogen (secondary N) is 2. The first-order valence-electron chi connectivity index (χ1n) is 14.3. The quantitative estimate of drug-likeness (QED) is 0.210. The molecule has 0 bridgehead atoms. The highest BCUT2D eigenvalue weighted by Gasteiger charge is 2.26. The molecular weight excluding hydrogens is 557 g/mol. The molecular formula is C32H33Cl2N5O2. The van der Waals surface area contributed by atoms with Gasteiger partial charge < -0.3 is 25.5 Å². The van der Waals surface area contributed by atoms with Gasteiger partial charge in [-0.2, -0.15) is 0 Å². The van der Waals surface area contributed by atoms with Crippen LogP contribution in [0.15, 0.2) is 60.7 Å². The summed E-state index contributed by atoms with van der Waals surface area (Å²) in [6.45, 7) is 3.70. The number of pyridine rings is 1. The van der Waals surface area contributed by atoms with Crippen LogP contribution in [0.25, 0.3) is 10.8 Å². The molecule has 9 heteroatoms. The Balaban J connectivity index is 1.25. The third kappa shape index (κ3) is 5.74. The zero-order valence-electron chi connectivity index (χ0n) is 22.8. The van der Waals surface area contributed by atoms with E-state index >= 15 is 0 Å². The molecule has 3 aromatic carbocycles. The fourth-order valence-corrected chi connectivity index (χ4v) is 6.33. The average molecular weight is 591 g/mol. The van der Waals surface area contributed by atoms with Crippen molar-refractivity contribution in [3.63, 3.8) is 0 Å². The van der Waals surface area contributed by atoms with Gasteiger partial charge in [-0.3, -0.25) is 4.79 Å². The number of piperidine rings is 2. The number of amides is 1. The maximum Gasteiger partial charge on any atom is 0.259 e. The van der Waals surface area contributed by atoms with Crippen LogP contribution in [0.4, 0.5) is 28.7 Å². The molecule has 1 amide bonds. The summed E-state index contributed by atoms with van der Waals surface area (Å²) in [5, 5.41) is 19.5. The second-order valence-corrected chi connectivity index (χ2v) is 11.5. The lowest BCUT2D eigenvalue weighted by Gasteiger charge is -2.33. The highest BCUT2D eigenvalue weighted by molar-refractivity contribution is 6.42. The number of benzene rings is 3. The molecule has 41 heavy (non-hydrogen) atoms. The average Bonchev–Trinajstić information content (AvgIpc) is 3.01. The number of rotatable bonds is 6. The molecule has 2 saturated heterocycles. The molecule has 0 spiro atoms. The Hall–Kier alpha value is -3.68. The molecule has 2 fully saturated rings. The van der Waals surface area contributed by atoms with Gasteiger partial charge in [0.2, 0.25) is 0 Å². The number of fused-ring (bicyclic) bond motifs is 1. The van der Waals surface area contributed by atoms with Crippen molar-refractivity contribution in [2.75, 3.05) is 46.6 Å². The van der Waals surface area contributed by atoms with Crippen molar-refractivity contribution in [1.82, 2.24) is 4.98 Å². The van der Waals surface area contributed by atoms with Gasteiger partial charge in [-0.05, 0) is 74.2 Å². The highest BCUT2D eigenvalue weighted by atomic mass is 35.5. The summed E-state index contributed by atoms with van der Waals surface area (Å²) in [6.07, 6.45) is 6.91. The second kappa shape index (κ2) is 12.0. The van der Waals surface area contributed by atoms with Crippen molar-refractivity contribution < 1.29 is 9.90 Å². The predicted molar refractivity (Wildman–Crippen MR) is 170 cm³/mol. The van der Waals surface area contributed by atoms with E-state index in [-0.39, 0.29) is 17.2 Å². The molecule has 0 atom stereocenters. The SMILES string of the molecule is O=C(Nc1ccc(Nc2c(Cl)c(N3CCCCC3)nc(N3CCCCC3)c2Cl)cc1)c1ccc2ccccc2c1O. The summed E-state index contributed by atoms with van der Waals surface area (Å²) in [4.78, 5) is 22.5. The van der Waals surface area contributed by atoms with Gasteiger partial charge in [0, 0.05) is 42.9 Å². The number of nitrogens with zero attached hydrogens (tertiary/aromatic N) is 3. The minimum absolute atomic E-state index is 0.0325. The fraction of sp³-hybridized carbons (Fsp3) is 0.312. The van der Waals surface area contributed by atoms with E-state index < -0.39 is 0 Å². The number of aromatic nitrogens is 1. The Morgan fingerprint density at radius 2 is 1.29 bits per heavy atom. The standard InChI is InChI=1S/C32H33Cl2N5O2/c33-26-28(27(34)31(39-19-7-2-8-20-39)37-30(26)38-17-5-1-6-18-38)35-22-12-14-23(15-13-22)36-32(41)25-16-11-21-9-3-4-10-24(21)29(25)40/h3-4,9-16,40H,1-2,5-8,17-20H2,(H,35,37)(H,36,41). The van der Waals surface area contributed by atoms with Crippen LogP contribution in [0.3, 0.4) is 0 Å². The molecule has 1 aromatic heterocycles. The molecule has 6 rings (SSSR count). The zero-order valence-corrected chi connectivity index (χ0v) is 24.3. The number of phenols is 1. The molecule has 0 aliphatic carbocycles. The lowest BCUT2D eigenvalue weighted by Crippen LogP contribution is -2.33. The van der Waals surface area contributed by atoms with E-state index in [1.165, 1.54) is 12.8 Å². The molecule has 2 aliphatic rings.